The molecule has 1 saturated heterocycles. The maximum Gasteiger partial charge on any atom is 0.255 e. The minimum atomic E-state index is -3.17. The highest BCUT2D eigenvalue weighted by Gasteiger charge is 2.23. The number of benzene rings is 2. The van der Waals surface area contributed by atoms with Crippen molar-refractivity contribution in [1.29, 1.82) is 5.26 Å². The van der Waals surface area contributed by atoms with Crippen LogP contribution in [0.2, 0.25) is 0 Å². The summed E-state index contributed by atoms with van der Waals surface area (Å²) in [5.41, 5.74) is 9.97. The first-order valence-corrected chi connectivity index (χ1v) is 12.9. The van der Waals surface area contributed by atoms with Crippen molar-refractivity contribution in [3.8, 4) is 17.3 Å². The Bertz CT molecular complexity index is 1380. The van der Waals surface area contributed by atoms with E-state index in [9.17, 15) is 18.5 Å². The first kappa shape index (κ1) is 24.3. The van der Waals surface area contributed by atoms with Gasteiger partial charge in [0.2, 0.25) is 10.0 Å². The van der Waals surface area contributed by atoms with E-state index in [-0.39, 0.29) is 5.91 Å². The third-order valence-electron chi connectivity index (χ3n) is 5.90. The number of rotatable bonds is 6. The summed E-state index contributed by atoms with van der Waals surface area (Å²) in [5.74, 6) is -0.283. The first-order chi connectivity index (χ1) is 16.7. The fraction of sp³-hybridized carbons (Fsp3) is 0.240. The number of sulfonamides is 1. The monoisotopic (exact) mass is 490 g/mol. The zero-order chi connectivity index (χ0) is 25.0. The summed E-state index contributed by atoms with van der Waals surface area (Å²) < 4.78 is 24.9. The van der Waals surface area contributed by atoms with Gasteiger partial charge < -0.3 is 11.1 Å². The van der Waals surface area contributed by atoms with Crippen molar-refractivity contribution in [2.24, 2.45) is 0 Å². The number of hydrogen-bond donors (Lipinski definition) is 2. The van der Waals surface area contributed by atoms with Crippen LogP contribution in [0.1, 0.15) is 21.5 Å². The van der Waals surface area contributed by atoms with Gasteiger partial charge in [-0.3, -0.25) is 14.7 Å². The molecule has 10 heteroatoms. The van der Waals surface area contributed by atoms with E-state index in [1.165, 1.54) is 10.6 Å². The van der Waals surface area contributed by atoms with Crippen LogP contribution < -0.4 is 11.1 Å². The number of nitrogens with zero attached hydrogens (tertiary/aromatic N) is 4. The van der Waals surface area contributed by atoms with Crippen LogP contribution in [0, 0.1) is 11.3 Å². The van der Waals surface area contributed by atoms with Crippen molar-refractivity contribution >= 4 is 27.3 Å². The molecule has 1 aliphatic rings. The molecule has 3 aromatic rings. The zero-order valence-corrected chi connectivity index (χ0v) is 20.1. The fourth-order valence-electron chi connectivity index (χ4n) is 3.97. The Morgan fingerprint density at radius 1 is 1.11 bits per heavy atom. The molecule has 0 radical (unpaired) electrons. The molecule has 0 bridgehead atoms. The highest BCUT2D eigenvalue weighted by atomic mass is 32.2. The highest BCUT2D eigenvalue weighted by Crippen LogP contribution is 2.24. The average Bonchev–Trinajstić information content (AvgIpc) is 2.85. The van der Waals surface area contributed by atoms with Crippen molar-refractivity contribution < 1.29 is 13.2 Å². The number of piperazine rings is 1. The van der Waals surface area contributed by atoms with E-state index in [2.05, 4.69) is 21.3 Å². The number of anilines is 2. The number of nitrogen functional groups attached to an aromatic ring is 1. The van der Waals surface area contributed by atoms with Gasteiger partial charge in [0, 0.05) is 50.0 Å². The van der Waals surface area contributed by atoms with Crippen LogP contribution in [0.15, 0.2) is 60.8 Å². The lowest BCUT2D eigenvalue weighted by Crippen LogP contribution is -2.47. The molecule has 2 heterocycles. The molecule has 1 aromatic heterocycles. The van der Waals surface area contributed by atoms with Gasteiger partial charge in [-0.15, -0.1) is 0 Å². The minimum absolute atomic E-state index is 0.283. The molecule has 0 aliphatic carbocycles. The third-order valence-corrected chi connectivity index (χ3v) is 7.20. The fourth-order valence-corrected chi connectivity index (χ4v) is 4.80. The van der Waals surface area contributed by atoms with E-state index in [1.54, 1.807) is 54.7 Å². The van der Waals surface area contributed by atoms with Crippen LogP contribution in [0.4, 0.5) is 11.4 Å². The lowest BCUT2D eigenvalue weighted by molar-refractivity contribution is 0.102. The second kappa shape index (κ2) is 10.2. The molecule has 0 spiro atoms. The molecule has 4 rings (SSSR count). The van der Waals surface area contributed by atoms with Gasteiger partial charge in [-0.1, -0.05) is 24.3 Å². The van der Waals surface area contributed by atoms with E-state index in [1.807, 2.05) is 6.07 Å². The largest absolute Gasteiger partial charge is 0.397 e. The van der Waals surface area contributed by atoms with Gasteiger partial charge in [0.05, 0.1) is 28.9 Å². The van der Waals surface area contributed by atoms with Gasteiger partial charge in [-0.25, -0.2) is 8.42 Å². The van der Waals surface area contributed by atoms with E-state index in [0.29, 0.717) is 60.9 Å². The van der Waals surface area contributed by atoms with Crippen LogP contribution in [-0.2, 0) is 16.6 Å². The van der Waals surface area contributed by atoms with Gasteiger partial charge in [-0.05, 0) is 35.9 Å². The second-order valence-corrected chi connectivity index (χ2v) is 10.4. The van der Waals surface area contributed by atoms with E-state index in [0.717, 1.165) is 11.1 Å². The molecule has 2 aromatic carbocycles. The van der Waals surface area contributed by atoms with Gasteiger partial charge in [0.25, 0.3) is 5.91 Å². The van der Waals surface area contributed by atoms with Crippen LogP contribution >= 0.6 is 0 Å². The minimum Gasteiger partial charge on any atom is -0.397 e. The molecule has 9 nitrogen and oxygen atoms in total. The van der Waals surface area contributed by atoms with Crippen molar-refractivity contribution in [2.45, 2.75) is 6.54 Å². The zero-order valence-electron chi connectivity index (χ0n) is 19.3. The quantitative estimate of drug-likeness (QED) is 0.507. The number of carbonyl (C=O) groups is 1. The summed E-state index contributed by atoms with van der Waals surface area (Å²) in [6.07, 6.45) is 2.96. The lowest BCUT2D eigenvalue weighted by Gasteiger charge is -2.33. The van der Waals surface area contributed by atoms with Crippen LogP contribution in [-0.4, -0.2) is 60.9 Å². The Kier molecular flexibility index (Phi) is 7.12. The molecule has 0 saturated carbocycles. The molecule has 0 atom stereocenters. The summed E-state index contributed by atoms with van der Waals surface area (Å²) in [4.78, 5) is 19.2. The number of carbonyl (C=O) groups excluding carboxylic acids is 1. The normalized spacial score (nSPS) is 14.9. The second-order valence-electron chi connectivity index (χ2n) is 8.41. The summed E-state index contributed by atoms with van der Waals surface area (Å²) >= 11 is 0. The Morgan fingerprint density at radius 3 is 2.43 bits per heavy atom. The lowest BCUT2D eigenvalue weighted by atomic mass is 10.0. The van der Waals surface area contributed by atoms with Crippen LogP contribution in [0.25, 0.3) is 11.3 Å². The Hall–Kier alpha value is -3.78. The molecule has 35 heavy (non-hydrogen) atoms. The van der Waals surface area contributed by atoms with E-state index < -0.39 is 10.0 Å². The standard InChI is InChI=1S/C25H26N6O3S/c1-35(33,34)31-12-10-30(11-13-31)17-18-14-21(15-26)24(28-16-18)19-6-8-20(9-7-19)25(32)29-23-5-3-2-4-22(23)27/h2-9,14,16H,10-13,17,27H2,1H3,(H,29,32). The van der Waals surface area contributed by atoms with Crippen molar-refractivity contribution in [1.82, 2.24) is 14.2 Å². The summed E-state index contributed by atoms with van der Waals surface area (Å²) in [6.45, 7) is 2.73. The summed E-state index contributed by atoms with van der Waals surface area (Å²) in [7, 11) is -3.17. The SMILES string of the molecule is CS(=O)(=O)N1CCN(Cc2cnc(-c3ccc(C(=O)Nc4ccccc4N)cc3)c(C#N)c2)CC1. The molecule has 1 fully saturated rings. The summed E-state index contributed by atoms with van der Waals surface area (Å²) in [5, 5.41) is 12.5. The van der Waals surface area contributed by atoms with Gasteiger partial charge in [0.1, 0.15) is 6.07 Å². The topological polar surface area (TPSA) is 132 Å². The molecule has 180 valence electrons. The number of nitriles is 1. The molecule has 0 unspecified atom stereocenters. The van der Waals surface area contributed by atoms with Gasteiger partial charge in [0.15, 0.2) is 0 Å². The smallest absolute Gasteiger partial charge is 0.255 e. The first-order valence-electron chi connectivity index (χ1n) is 11.1. The number of amides is 1. The maximum atomic E-state index is 12.6. The summed E-state index contributed by atoms with van der Waals surface area (Å²) in [6, 6.07) is 17.9. The van der Waals surface area contributed by atoms with Gasteiger partial charge in [-0.2, -0.15) is 9.57 Å². The molecule has 3 N–H and O–H groups in total. The average molecular weight is 491 g/mol. The Morgan fingerprint density at radius 2 is 1.80 bits per heavy atom. The number of pyridine rings is 1. The highest BCUT2D eigenvalue weighted by molar-refractivity contribution is 7.88. The third kappa shape index (κ3) is 5.84. The molecule has 1 amide bonds. The van der Waals surface area contributed by atoms with Crippen LogP contribution in [0.5, 0.6) is 0 Å². The van der Waals surface area contributed by atoms with Crippen molar-refractivity contribution in [3.05, 3.63) is 77.5 Å². The molecular formula is C25H26N6O3S. The van der Waals surface area contributed by atoms with Crippen LogP contribution in [0.3, 0.4) is 0 Å². The molecule has 1 aliphatic heterocycles. The maximum absolute atomic E-state index is 12.6. The number of aromatic nitrogens is 1. The predicted octanol–water partition coefficient (Wildman–Crippen LogP) is 2.53. The number of hydrogen-bond acceptors (Lipinski definition) is 7. The van der Waals surface area contributed by atoms with E-state index >= 15 is 0 Å². The van der Waals surface area contributed by atoms with Gasteiger partial charge >= 0.3 is 0 Å². The Labute approximate surface area is 204 Å². The Balaban J connectivity index is 1.44. The van der Waals surface area contributed by atoms with Crippen molar-refractivity contribution in [3.63, 3.8) is 0 Å². The predicted molar refractivity (Wildman–Crippen MR) is 135 cm³/mol. The number of para-hydroxylation sites is 2. The number of nitrogens with two attached hydrogens (primary N) is 1. The van der Waals surface area contributed by atoms with E-state index in [4.69, 9.17) is 5.73 Å². The molecular weight excluding hydrogens is 464 g/mol. The van der Waals surface area contributed by atoms with Crippen molar-refractivity contribution in [2.75, 3.05) is 43.5 Å². The number of nitrogens with one attached hydrogen (secondary N) is 1.